The van der Waals surface area contributed by atoms with E-state index in [1.54, 1.807) is 45.0 Å². The van der Waals surface area contributed by atoms with Gasteiger partial charge in [0.2, 0.25) is 10.0 Å². The number of allylic oxidation sites excluding steroid dienone is 1. The third-order valence-corrected chi connectivity index (χ3v) is 14.1. The van der Waals surface area contributed by atoms with Crippen molar-refractivity contribution in [2.75, 3.05) is 31.2 Å². The maximum atomic E-state index is 15.4. The second-order valence-corrected chi connectivity index (χ2v) is 17.7. The van der Waals surface area contributed by atoms with Gasteiger partial charge < -0.3 is 19.1 Å². The van der Waals surface area contributed by atoms with Crippen LogP contribution in [0, 0.1) is 29.5 Å². The lowest BCUT2D eigenvalue weighted by Crippen LogP contribution is -2.51. The summed E-state index contributed by atoms with van der Waals surface area (Å²) < 4.78 is 63.1. The Hall–Kier alpha value is -3.15. The highest BCUT2D eigenvalue weighted by Gasteiger charge is 2.47. The monoisotopic (exact) mass is 728 g/mol. The number of amides is 1. The third kappa shape index (κ3) is 6.43. The van der Waals surface area contributed by atoms with Crippen molar-refractivity contribution < 1.29 is 36.6 Å². The molecule has 1 N–H and O–H groups in total. The van der Waals surface area contributed by atoms with Crippen LogP contribution in [0.1, 0.15) is 81.3 Å². The normalized spacial score (nSPS) is 31.5. The minimum absolute atomic E-state index is 0.0133. The third-order valence-electron chi connectivity index (χ3n) is 11.9. The van der Waals surface area contributed by atoms with Gasteiger partial charge in [0.05, 0.1) is 34.8 Å². The van der Waals surface area contributed by atoms with Gasteiger partial charge >= 0.3 is 5.97 Å². The predicted octanol–water partition coefficient (Wildman–Crippen LogP) is 6.36. The number of carbonyl (C=O) groups is 2. The van der Waals surface area contributed by atoms with Crippen LogP contribution in [-0.2, 0) is 36.1 Å². The molecule has 2 aromatic rings. The molecule has 2 aromatic carbocycles. The quantitative estimate of drug-likeness (QED) is 0.286. The molecule has 0 radical (unpaired) electrons. The lowest BCUT2D eigenvalue weighted by molar-refractivity contribution is -0.156. The zero-order valence-corrected chi connectivity index (χ0v) is 30.6. The van der Waals surface area contributed by atoms with Crippen LogP contribution in [0.5, 0.6) is 5.75 Å². The summed E-state index contributed by atoms with van der Waals surface area (Å²) in [5.74, 6) is -0.879. The molecular weight excluding hydrogens is 683 g/mol. The van der Waals surface area contributed by atoms with E-state index < -0.39 is 32.6 Å². The highest BCUT2D eigenvalue weighted by molar-refractivity contribution is 7.90. The van der Waals surface area contributed by atoms with Gasteiger partial charge in [-0.2, -0.15) is 0 Å². The Bertz CT molecular complexity index is 1830. The Morgan fingerprint density at radius 3 is 2.70 bits per heavy atom. The van der Waals surface area contributed by atoms with E-state index in [9.17, 15) is 18.0 Å². The van der Waals surface area contributed by atoms with E-state index in [1.165, 1.54) is 0 Å². The SMILES string of the molecule is CC(C)OC(=O)CO[C@H]1C2=C[C@@H](C2)[C@H](C)[C@@H](C)S(=O)(=O)NC(=O)c2ccc3c(c2)N(C[C@@H]2CC[C@H]21)C[C@@]1(CCCc2c1ccc(Cl)c2F)CO3. The number of fused-ring (bicyclic) bond motifs is 6. The molecule has 0 saturated heterocycles. The number of ether oxygens (including phenoxy) is 3. The lowest BCUT2D eigenvalue weighted by Gasteiger charge is -2.48. The molecule has 6 aliphatic rings. The van der Waals surface area contributed by atoms with Crippen LogP contribution < -0.4 is 14.4 Å². The van der Waals surface area contributed by atoms with Crippen LogP contribution in [0.2, 0.25) is 5.02 Å². The molecule has 7 atom stereocenters. The second kappa shape index (κ2) is 13.4. The molecule has 3 aliphatic heterocycles. The fourth-order valence-corrected chi connectivity index (χ4v) is 10.2. The minimum atomic E-state index is -4.02. The van der Waals surface area contributed by atoms with Crippen molar-refractivity contribution >= 4 is 39.2 Å². The lowest BCUT2D eigenvalue weighted by atomic mass is 9.64. The van der Waals surface area contributed by atoms with Crippen molar-refractivity contribution in [3.8, 4) is 5.75 Å². The standard InChI is InChI=1S/C38H46ClFN2O7S/c1-21(2)49-34(43)18-47-36-27-14-26(15-27)22(3)23(4)50(45,46)41-37(44)24-8-12-33-32(16-24)42(17-25-7-9-28(25)36)19-38(20-48-33)13-5-6-29-30(38)10-11-31(39)35(29)40/h8,10-12,14,16,21-23,25-26,28,36H,5-7,9,13,15,17-20H2,1-4H3,(H,41,44)/t22-,23-,25+,26+,28-,36+,38+/m1/s1. The fraction of sp³-hybridized carbons (Fsp3) is 0.579. The largest absolute Gasteiger partial charge is 0.490 e. The second-order valence-electron chi connectivity index (χ2n) is 15.3. The summed E-state index contributed by atoms with van der Waals surface area (Å²) >= 11 is 6.24. The summed E-state index contributed by atoms with van der Waals surface area (Å²) in [6, 6.07) is 8.59. The van der Waals surface area contributed by atoms with Crippen molar-refractivity contribution in [3.05, 3.63) is 69.5 Å². The number of hydrogen-bond donors (Lipinski definition) is 1. The highest BCUT2D eigenvalue weighted by Crippen LogP contribution is 2.50. The Kier molecular flexibility index (Phi) is 9.48. The highest BCUT2D eigenvalue weighted by atomic mass is 35.5. The number of rotatable bonds is 4. The van der Waals surface area contributed by atoms with Crippen molar-refractivity contribution in [2.24, 2.45) is 23.7 Å². The summed E-state index contributed by atoms with van der Waals surface area (Å²) in [4.78, 5) is 28.4. The Morgan fingerprint density at radius 2 is 1.98 bits per heavy atom. The van der Waals surface area contributed by atoms with E-state index in [2.05, 4.69) is 15.7 Å². The van der Waals surface area contributed by atoms with Crippen molar-refractivity contribution in [2.45, 2.75) is 89.1 Å². The van der Waals surface area contributed by atoms with E-state index in [4.69, 9.17) is 25.8 Å². The van der Waals surface area contributed by atoms with Crippen molar-refractivity contribution in [3.63, 3.8) is 0 Å². The average molecular weight is 729 g/mol. The molecule has 1 amide bonds. The Labute approximate surface area is 298 Å². The number of sulfonamides is 1. The average Bonchev–Trinajstić information content (AvgIpc) is 3.18. The Balaban J connectivity index is 1.29. The summed E-state index contributed by atoms with van der Waals surface area (Å²) in [6.07, 6.45) is 6.18. The molecule has 3 aliphatic carbocycles. The van der Waals surface area contributed by atoms with Crippen LogP contribution in [-0.4, -0.2) is 64.1 Å². The molecule has 1 fully saturated rings. The van der Waals surface area contributed by atoms with Gasteiger partial charge in [0.15, 0.2) is 0 Å². The van der Waals surface area contributed by atoms with Crippen LogP contribution in [0.25, 0.3) is 0 Å². The summed E-state index contributed by atoms with van der Waals surface area (Å²) in [6.45, 7) is 8.40. The number of halogens is 2. The number of esters is 1. The molecule has 12 heteroatoms. The molecule has 4 bridgehead atoms. The van der Waals surface area contributed by atoms with Gasteiger partial charge in [-0.3, -0.25) is 4.79 Å². The van der Waals surface area contributed by atoms with E-state index in [1.807, 2.05) is 13.0 Å². The number of hydrogen-bond acceptors (Lipinski definition) is 8. The zero-order chi connectivity index (χ0) is 35.5. The van der Waals surface area contributed by atoms with Crippen LogP contribution in [0.15, 0.2) is 42.0 Å². The number of benzene rings is 2. The number of nitrogens with one attached hydrogen (secondary N) is 1. The smallest absolute Gasteiger partial charge is 0.332 e. The molecule has 8 rings (SSSR count). The van der Waals surface area contributed by atoms with Crippen molar-refractivity contribution in [1.29, 1.82) is 0 Å². The number of anilines is 1. The van der Waals surface area contributed by atoms with Crippen LogP contribution in [0.4, 0.5) is 10.1 Å². The minimum Gasteiger partial charge on any atom is -0.490 e. The molecule has 1 saturated carbocycles. The zero-order valence-electron chi connectivity index (χ0n) is 29.0. The molecule has 3 heterocycles. The van der Waals surface area contributed by atoms with Gasteiger partial charge in [0.1, 0.15) is 18.2 Å². The maximum Gasteiger partial charge on any atom is 0.332 e. The molecule has 50 heavy (non-hydrogen) atoms. The summed E-state index contributed by atoms with van der Waals surface area (Å²) in [5, 5.41) is -0.731. The molecule has 0 unspecified atom stereocenters. The van der Waals surface area contributed by atoms with Gasteiger partial charge in [-0.05, 0) is 124 Å². The predicted molar refractivity (Wildman–Crippen MR) is 189 cm³/mol. The fourth-order valence-electron chi connectivity index (χ4n) is 8.73. The topological polar surface area (TPSA) is 111 Å². The number of carbonyl (C=O) groups excluding carboxylic acids is 2. The van der Waals surface area contributed by atoms with Crippen LogP contribution in [0.3, 0.4) is 0 Å². The van der Waals surface area contributed by atoms with E-state index >= 15 is 4.39 Å². The molecule has 0 aromatic heterocycles. The van der Waals surface area contributed by atoms with E-state index in [-0.39, 0.29) is 58.9 Å². The Morgan fingerprint density at radius 1 is 1.20 bits per heavy atom. The van der Waals surface area contributed by atoms with Gasteiger partial charge in [0, 0.05) is 24.1 Å². The first kappa shape index (κ1) is 35.3. The molecular formula is C38H46ClFN2O7S. The van der Waals surface area contributed by atoms with Crippen molar-refractivity contribution in [1.82, 2.24) is 4.72 Å². The molecule has 9 nitrogen and oxygen atoms in total. The van der Waals surface area contributed by atoms with Gasteiger partial charge in [-0.25, -0.2) is 22.3 Å². The van der Waals surface area contributed by atoms with E-state index in [0.29, 0.717) is 49.5 Å². The van der Waals surface area contributed by atoms with Gasteiger partial charge in [-0.15, -0.1) is 0 Å². The first-order valence-corrected chi connectivity index (χ1v) is 19.8. The van der Waals surface area contributed by atoms with Gasteiger partial charge in [0.25, 0.3) is 5.91 Å². The van der Waals surface area contributed by atoms with Gasteiger partial charge in [-0.1, -0.05) is 30.7 Å². The van der Waals surface area contributed by atoms with Crippen LogP contribution >= 0.6 is 11.6 Å². The summed E-state index contributed by atoms with van der Waals surface area (Å²) in [5.41, 5.74) is 2.94. The first-order valence-electron chi connectivity index (χ1n) is 17.8. The molecule has 270 valence electrons. The number of nitrogens with zero attached hydrogens (tertiary/aromatic N) is 1. The van der Waals surface area contributed by atoms with E-state index in [0.717, 1.165) is 36.8 Å². The maximum absolute atomic E-state index is 15.4. The molecule has 1 spiro atoms. The first-order chi connectivity index (χ1) is 23.8. The summed E-state index contributed by atoms with van der Waals surface area (Å²) in [7, 11) is -4.02.